The van der Waals surface area contributed by atoms with Crippen LogP contribution in [0.25, 0.3) is 0 Å². The van der Waals surface area contributed by atoms with Gasteiger partial charge in [0.25, 0.3) is 0 Å². The molecule has 0 aliphatic carbocycles. The Balaban J connectivity index is 3.52. The molecule has 7 heteroatoms. The van der Waals surface area contributed by atoms with Crippen LogP contribution in [0.3, 0.4) is 0 Å². The highest BCUT2D eigenvalue weighted by Crippen LogP contribution is 2.40. The first-order chi connectivity index (χ1) is 9.90. The molecule has 0 fully saturated rings. The summed E-state index contributed by atoms with van der Waals surface area (Å²) in [5, 5.41) is 11.4. The highest BCUT2D eigenvalue weighted by atomic mass is 16.7. The molecule has 0 aromatic heterocycles. The molecule has 118 valence electrons. The van der Waals surface area contributed by atoms with Crippen LogP contribution in [-0.4, -0.2) is 38.2 Å². The van der Waals surface area contributed by atoms with Crippen LogP contribution in [0.15, 0.2) is 24.3 Å². The fourth-order valence-corrected chi connectivity index (χ4v) is 2.42. The van der Waals surface area contributed by atoms with Crippen molar-refractivity contribution < 1.29 is 24.1 Å². The van der Waals surface area contributed by atoms with Crippen LogP contribution in [0.5, 0.6) is 5.75 Å². The zero-order valence-electron chi connectivity index (χ0n) is 12.7. The second-order valence-corrected chi connectivity index (χ2v) is 4.48. The number of amides is 1. The van der Waals surface area contributed by atoms with Gasteiger partial charge in [0.05, 0.1) is 12.7 Å². The summed E-state index contributed by atoms with van der Waals surface area (Å²) in [4.78, 5) is 11.1. The lowest BCUT2D eigenvalue weighted by atomic mass is 9.89. The van der Waals surface area contributed by atoms with Gasteiger partial charge in [-0.1, -0.05) is 19.1 Å². The maximum absolute atomic E-state index is 11.1. The molecule has 4 N–H and O–H groups in total. The molecular weight excluding hydrogens is 276 g/mol. The standard InChI is InChI=1S/C14H22N2O5/c1-5-13(15,16-12(17)18)14(20-3,21-4)10-8-6-7-9-11(10)19-2/h6-9,16H,5,15H2,1-4H3,(H,17,18). The van der Waals surface area contributed by atoms with Gasteiger partial charge in [-0.15, -0.1) is 0 Å². The van der Waals surface area contributed by atoms with E-state index in [4.69, 9.17) is 25.1 Å². The van der Waals surface area contributed by atoms with E-state index in [2.05, 4.69) is 5.32 Å². The highest BCUT2D eigenvalue weighted by molar-refractivity contribution is 5.66. The van der Waals surface area contributed by atoms with E-state index in [1.54, 1.807) is 31.2 Å². The minimum Gasteiger partial charge on any atom is -0.496 e. The van der Waals surface area contributed by atoms with Crippen molar-refractivity contribution in [2.45, 2.75) is 24.8 Å². The van der Waals surface area contributed by atoms with Gasteiger partial charge in [-0.3, -0.25) is 5.32 Å². The Morgan fingerprint density at radius 1 is 1.29 bits per heavy atom. The van der Waals surface area contributed by atoms with Crippen LogP contribution in [0.2, 0.25) is 0 Å². The maximum Gasteiger partial charge on any atom is 0.406 e. The number of hydrogen-bond donors (Lipinski definition) is 3. The van der Waals surface area contributed by atoms with Gasteiger partial charge >= 0.3 is 6.09 Å². The predicted molar refractivity (Wildman–Crippen MR) is 77.1 cm³/mol. The van der Waals surface area contributed by atoms with Gasteiger partial charge in [0.2, 0.25) is 5.79 Å². The first-order valence-corrected chi connectivity index (χ1v) is 6.44. The first-order valence-electron chi connectivity index (χ1n) is 6.44. The first kappa shape index (κ1) is 17.2. The van der Waals surface area contributed by atoms with Crippen molar-refractivity contribution in [1.29, 1.82) is 0 Å². The van der Waals surface area contributed by atoms with Gasteiger partial charge in [-0.05, 0) is 18.6 Å². The van der Waals surface area contributed by atoms with Crippen molar-refractivity contribution in [2.24, 2.45) is 5.73 Å². The van der Waals surface area contributed by atoms with Crippen LogP contribution in [-0.2, 0) is 15.3 Å². The summed E-state index contributed by atoms with van der Waals surface area (Å²) in [7, 11) is 4.30. The molecule has 0 heterocycles. The summed E-state index contributed by atoms with van der Waals surface area (Å²) in [6.45, 7) is 1.73. The number of rotatable bonds is 7. The summed E-state index contributed by atoms with van der Waals surface area (Å²) in [6, 6.07) is 6.99. The fraction of sp³-hybridized carbons (Fsp3) is 0.500. The number of ether oxygens (including phenoxy) is 3. The third-order valence-electron chi connectivity index (χ3n) is 3.51. The largest absolute Gasteiger partial charge is 0.496 e. The van der Waals surface area contributed by atoms with E-state index in [1.165, 1.54) is 21.3 Å². The minimum absolute atomic E-state index is 0.235. The maximum atomic E-state index is 11.1. The lowest BCUT2D eigenvalue weighted by molar-refractivity contribution is -0.264. The average molecular weight is 298 g/mol. The second kappa shape index (κ2) is 6.75. The molecule has 21 heavy (non-hydrogen) atoms. The molecule has 1 aromatic carbocycles. The molecule has 0 aliphatic heterocycles. The van der Waals surface area contributed by atoms with E-state index in [-0.39, 0.29) is 6.42 Å². The Morgan fingerprint density at radius 2 is 1.86 bits per heavy atom. The molecule has 0 saturated heterocycles. The van der Waals surface area contributed by atoms with Crippen molar-refractivity contribution in [1.82, 2.24) is 5.32 Å². The van der Waals surface area contributed by atoms with Crippen molar-refractivity contribution >= 4 is 6.09 Å². The average Bonchev–Trinajstić information content (AvgIpc) is 2.48. The number of carbonyl (C=O) groups is 1. The second-order valence-electron chi connectivity index (χ2n) is 4.48. The molecule has 0 saturated carbocycles. The van der Waals surface area contributed by atoms with Gasteiger partial charge < -0.3 is 25.1 Å². The lowest BCUT2D eigenvalue weighted by Gasteiger charge is -2.45. The molecule has 1 aromatic rings. The van der Waals surface area contributed by atoms with Crippen molar-refractivity contribution in [3.63, 3.8) is 0 Å². The number of para-hydroxylation sites is 1. The molecule has 7 nitrogen and oxygen atoms in total. The van der Waals surface area contributed by atoms with E-state index in [0.717, 1.165) is 0 Å². The molecule has 0 aliphatic rings. The fourth-order valence-electron chi connectivity index (χ4n) is 2.42. The number of methoxy groups -OCH3 is 3. The number of carboxylic acid groups (broad SMARTS) is 1. The Kier molecular flexibility index (Phi) is 5.54. The number of nitrogens with one attached hydrogen (secondary N) is 1. The summed E-state index contributed by atoms with van der Waals surface area (Å²) in [6.07, 6.45) is -1.04. The summed E-state index contributed by atoms with van der Waals surface area (Å²) < 4.78 is 16.3. The van der Waals surface area contributed by atoms with Crippen molar-refractivity contribution in [3.05, 3.63) is 29.8 Å². The minimum atomic E-state index is -1.53. The van der Waals surface area contributed by atoms with Crippen LogP contribution < -0.4 is 15.8 Å². The Morgan fingerprint density at radius 3 is 2.29 bits per heavy atom. The van der Waals surface area contributed by atoms with Gasteiger partial charge in [0, 0.05) is 14.2 Å². The topological polar surface area (TPSA) is 103 Å². The summed E-state index contributed by atoms with van der Waals surface area (Å²) in [5.41, 5.74) is 5.25. The van der Waals surface area contributed by atoms with Gasteiger partial charge in [-0.2, -0.15) is 0 Å². The normalized spacial score (nSPS) is 14.3. The number of hydrogen-bond acceptors (Lipinski definition) is 5. The number of nitrogens with two attached hydrogens (primary N) is 1. The van der Waals surface area contributed by atoms with E-state index in [1.807, 2.05) is 0 Å². The van der Waals surface area contributed by atoms with Gasteiger partial charge in [0.1, 0.15) is 5.75 Å². The number of benzene rings is 1. The predicted octanol–water partition coefficient (Wildman–Crippen LogP) is 1.47. The van der Waals surface area contributed by atoms with Crippen molar-refractivity contribution in [3.8, 4) is 5.75 Å². The Labute approximate surface area is 124 Å². The molecule has 1 atom stereocenters. The molecule has 1 amide bonds. The van der Waals surface area contributed by atoms with Crippen LogP contribution >= 0.6 is 0 Å². The van der Waals surface area contributed by atoms with Crippen LogP contribution in [0, 0.1) is 0 Å². The van der Waals surface area contributed by atoms with Crippen LogP contribution in [0.1, 0.15) is 18.9 Å². The summed E-state index contributed by atoms with van der Waals surface area (Å²) in [5.74, 6) is -1.05. The van der Waals surface area contributed by atoms with E-state index >= 15 is 0 Å². The Hall–Kier alpha value is -1.83. The molecular formula is C14H22N2O5. The van der Waals surface area contributed by atoms with Gasteiger partial charge in [0.15, 0.2) is 5.66 Å². The SMILES string of the molecule is CCC(N)(NC(=O)O)C(OC)(OC)c1ccccc1OC. The van der Waals surface area contributed by atoms with E-state index in [9.17, 15) is 4.79 Å². The Bertz CT molecular complexity index is 490. The quantitative estimate of drug-likeness (QED) is 0.659. The van der Waals surface area contributed by atoms with Crippen LogP contribution in [0.4, 0.5) is 4.79 Å². The zero-order chi connectivity index (χ0) is 16.1. The highest BCUT2D eigenvalue weighted by Gasteiger charge is 2.53. The monoisotopic (exact) mass is 298 g/mol. The third-order valence-corrected chi connectivity index (χ3v) is 3.51. The van der Waals surface area contributed by atoms with E-state index in [0.29, 0.717) is 11.3 Å². The molecule has 1 rings (SSSR count). The van der Waals surface area contributed by atoms with Crippen molar-refractivity contribution in [2.75, 3.05) is 21.3 Å². The molecule has 0 bridgehead atoms. The zero-order valence-corrected chi connectivity index (χ0v) is 12.7. The smallest absolute Gasteiger partial charge is 0.406 e. The van der Waals surface area contributed by atoms with E-state index < -0.39 is 17.5 Å². The molecule has 0 spiro atoms. The molecule has 1 unspecified atom stereocenters. The van der Waals surface area contributed by atoms with Gasteiger partial charge in [-0.25, -0.2) is 4.79 Å². The molecule has 0 radical (unpaired) electrons. The third kappa shape index (κ3) is 2.94. The summed E-state index contributed by atoms with van der Waals surface area (Å²) >= 11 is 0. The lowest BCUT2D eigenvalue weighted by Crippen LogP contribution is -2.69.